The molecule has 1 aromatic carbocycles. The van der Waals surface area contributed by atoms with Gasteiger partial charge in [0.2, 0.25) is 0 Å². The summed E-state index contributed by atoms with van der Waals surface area (Å²) in [4.78, 5) is 27.3. The number of carbonyl (C=O) groups excluding carboxylic acids is 1. The molecule has 0 aliphatic rings. The Morgan fingerprint density at radius 1 is 1.16 bits per heavy atom. The van der Waals surface area contributed by atoms with Gasteiger partial charge in [-0.25, -0.2) is 9.97 Å². The van der Waals surface area contributed by atoms with Crippen molar-refractivity contribution in [3.8, 4) is 11.4 Å². The minimum absolute atomic E-state index is 0.0747. The highest BCUT2D eigenvalue weighted by Crippen LogP contribution is 2.24. The number of aromatic amines is 1. The van der Waals surface area contributed by atoms with E-state index in [1.807, 2.05) is 31.2 Å². The molecule has 0 saturated carbocycles. The molecule has 7 nitrogen and oxygen atoms in total. The SMILES string of the molecule is CC(CC(C)(C)C)NC(=O)c1ccnc2nc(-c3ccc(NCCN(C)C)cc3)[nH]c12. The number of nitrogens with zero attached hydrogens (tertiary/aromatic N) is 3. The van der Waals surface area contributed by atoms with E-state index in [0.29, 0.717) is 22.6 Å². The molecule has 0 aliphatic carbocycles. The first-order valence-corrected chi connectivity index (χ1v) is 10.8. The number of benzene rings is 1. The van der Waals surface area contributed by atoms with Crippen LogP contribution in [0.4, 0.5) is 5.69 Å². The van der Waals surface area contributed by atoms with Crippen LogP contribution in [0.1, 0.15) is 44.5 Å². The molecular formula is C24H34N6O. The van der Waals surface area contributed by atoms with E-state index >= 15 is 0 Å². The summed E-state index contributed by atoms with van der Waals surface area (Å²) in [6, 6.07) is 9.91. The Bertz CT molecular complexity index is 1020. The van der Waals surface area contributed by atoms with Crippen molar-refractivity contribution >= 4 is 22.8 Å². The van der Waals surface area contributed by atoms with Gasteiger partial charge in [-0.3, -0.25) is 4.79 Å². The van der Waals surface area contributed by atoms with E-state index in [1.54, 1.807) is 12.3 Å². The number of likely N-dealkylation sites (N-methyl/N-ethyl adjacent to an activating group) is 1. The summed E-state index contributed by atoms with van der Waals surface area (Å²) in [6.45, 7) is 10.4. The molecule has 2 heterocycles. The molecule has 0 fully saturated rings. The van der Waals surface area contributed by atoms with Gasteiger partial charge in [0.05, 0.1) is 11.1 Å². The zero-order valence-electron chi connectivity index (χ0n) is 19.4. The molecular weight excluding hydrogens is 388 g/mol. The summed E-state index contributed by atoms with van der Waals surface area (Å²) in [5.41, 5.74) is 3.92. The van der Waals surface area contributed by atoms with Gasteiger partial charge in [-0.05, 0) is 63.2 Å². The summed E-state index contributed by atoms with van der Waals surface area (Å²) in [5.74, 6) is 0.588. The Balaban J connectivity index is 1.77. The maximum absolute atomic E-state index is 12.9. The van der Waals surface area contributed by atoms with Gasteiger partial charge in [-0.2, -0.15) is 0 Å². The average molecular weight is 423 g/mol. The molecule has 0 saturated heterocycles. The third kappa shape index (κ3) is 6.28. The minimum Gasteiger partial charge on any atom is -0.384 e. The van der Waals surface area contributed by atoms with Gasteiger partial charge >= 0.3 is 0 Å². The Kier molecular flexibility index (Phi) is 6.95. The topological polar surface area (TPSA) is 85.9 Å². The second-order valence-corrected chi connectivity index (χ2v) is 9.59. The van der Waals surface area contributed by atoms with Crippen molar-refractivity contribution in [1.29, 1.82) is 0 Å². The van der Waals surface area contributed by atoms with Crippen LogP contribution >= 0.6 is 0 Å². The van der Waals surface area contributed by atoms with Gasteiger partial charge in [0.15, 0.2) is 5.65 Å². The number of hydrogen-bond donors (Lipinski definition) is 3. The fourth-order valence-corrected chi connectivity index (χ4v) is 3.68. The first-order valence-electron chi connectivity index (χ1n) is 10.8. The zero-order valence-corrected chi connectivity index (χ0v) is 19.4. The van der Waals surface area contributed by atoms with E-state index in [1.165, 1.54) is 0 Å². The summed E-state index contributed by atoms with van der Waals surface area (Å²) in [6.07, 6.45) is 2.53. The lowest BCUT2D eigenvalue weighted by Gasteiger charge is -2.24. The molecule has 0 spiro atoms. The molecule has 7 heteroatoms. The number of anilines is 1. The first kappa shape index (κ1) is 22.7. The Hall–Kier alpha value is -2.93. The lowest BCUT2D eigenvalue weighted by Crippen LogP contribution is -2.35. The lowest BCUT2D eigenvalue weighted by molar-refractivity contribution is 0.0932. The zero-order chi connectivity index (χ0) is 22.6. The van der Waals surface area contributed by atoms with Crippen LogP contribution in [0.15, 0.2) is 36.5 Å². The van der Waals surface area contributed by atoms with E-state index in [2.05, 4.69) is 65.4 Å². The fourth-order valence-electron chi connectivity index (χ4n) is 3.68. The number of fused-ring (bicyclic) bond motifs is 1. The molecule has 0 radical (unpaired) electrons. The van der Waals surface area contributed by atoms with Crippen molar-refractivity contribution < 1.29 is 4.79 Å². The van der Waals surface area contributed by atoms with E-state index in [-0.39, 0.29) is 17.4 Å². The van der Waals surface area contributed by atoms with Crippen molar-refractivity contribution in [3.63, 3.8) is 0 Å². The summed E-state index contributed by atoms with van der Waals surface area (Å²) < 4.78 is 0. The lowest BCUT2D eigenvalue weighted by atomic mass is 9.88. The van der Waals surface area contributed by atoms with Crippen LogP contribution in [0.3, 0.4) is 0 Å². The van der Waals surface area contributed by atoms with Crippen LogP contribution in [0, 0.1) is 5.41 Å². The maximum atomic E-state index is 12.9. The number of aromatic nitrogens is 3. The fraction of sp³-hybridized carbons (Fsp3) is 0.458. The normalized spacial score (nSPS) is 12.9. The number of pyridine rings is 1. The molecule has 0 aliphatic heterocycles. The third-order valence-electron chi connectivity index (χ3n) is 4.98. The van der Waals surface area contributed by atoms with Gasteiger partial charge < -0.3 is 20.5 Å². The van der Waals surface area contributed by atoms with E-state index in [4.69, 9.17) is 0 Å². The number of imidazole rings is 1. The van der Waals surface area contributed by atoms with Crippen LogP contribution in [0.25, 0.3) is 22.6 Å². The number of amides is 1. The Morgan fingerprint density at radius 3 is 2.52 bits per heavy atom. The second kappa shape index (κ2) is 9.47. The predicted octanol–water partition coefficient (Wildman–Crippen LogP) is 4.15. The van der Waals surface area contributed by atoms with Gasteiger partial charge in [0.25, 0.3) is 5.91 Å². The van der Waals surface area contributed by atoms with Crippen molar-refractivity contribution in [3.05, 3.63) is 42.1 Å². The number of nitrogens with one attached hydrogen (secondary N) is 3. The summed E-state index contributed by atoms with van der Waals surface area (Å²) >= 11 is 0. The standard InChI is InChI=1S/C24H34N6O/c1-16(15-24(2,3)4)27-23(31)19-11-12-26-22-20(19)28-21(29-22)17-7-9-18(10-8-17)25-13-14-30(5)6/h7-12,16,25H,13-15H2,1-6H3,(H,27,31)(H,26,28,29). The van der Waals surface area contributed by atoms with E-state index in [9.17, 15) is 4.79 Å². The smallest absolute Gasteiger partial charge is 0.253 e. The number of hydrogen-bond acceptors (Lipinski definition) is 5. The largest absolute Gasteiger partial charge is 0.384 e. The summed E-state index contributed by atoms with van der Waals surface area (Å²) in [7, 11) is 4.11. The molecule has 3 aromatic rings. The molecule has 31 heavy (non-hydrogen) atoms. The predicted molar refractivity (Wildman–Crippen MR) is 127 cm³/mol. The monoisotopic (exact) mass is 422 g/mol. The maximum Gasteiger partial charge on any atom is 0.253 e. The van der Waals surface area contributed by atoms with E-state index < -0.39 is 0 Å². The van der Waals surface area contributed by atoms with Crippen LogP contribution < -0.4 is 10.6 Å². The highest BCUT2D eigenvalue weighted by molar-refractivity contribution is 6.04. The van der Waals surface area contributed by atoms with Crippen molar-refractivity contribution in [2.45, 2.75) is 40.2 Å². The summed E-state index contributed by atoms with van der Waals surface area (Å²) in [5, 5.41) is 6.50. The Labute approximate surface area is 184 Å². The second-order valence-electron chi connectivity index (χ2n) is 9.59. The average Bonchev–Trinajstić information content (AvgIpc) is 3.10. The van der Waals surface area contributed by atoms with Crippen LogP contribution in [0.5, 0.6) is 0 Å². The molecule has 0 bridgehead atoms. The number of rotatable bonds is 8. The first-order chi connectivity index (χ1) is 14.6. The number of H-pyrrole nitrogens is 1. The van der Waals surface area contributed by atoms with Crippen molar-refractivity contribution in [1.82, 2.24) is 25.2 Å². The van der Waals surface area contributed by atoms with Crippen molar-refractivity contribution in [2.24, 2.45) is 5.41 Å². The Morgan fingerprint density at radius 2 is 1.87 bits per heavy atom. The van der Waals surface area contributed by atoms with Gasteiger partial charge in [-0.1, -0.05) is 20.8 Å². The molecule has 1 unspecified atom stereocenters. The van der Waals surface area contributed by atoms with Crippen LogP contribution in [-0.2, 0) is 0 Å². The van der Waals surface area contributed by atoms with Gasteiger partial charge in [-0.15, -0.1) is 0 Å². The van der Waals surface area contributed by atoms with E-state index in [0.717, 1.165) is 30.8 Å². The molecule has 3 rings (SSSR count). The van der Waals surface area contributed by atoms with Crippen LogP contribution in [0.2, 0.25) is 0 Å². The highest BCUT2D eigenvalue weighted by Gasteiger charge is 2.20. The highest BCUT2D eigenvalue weighted by atomic mass is 16.1. The number of carbonyl (C=O) groups is 1. The molecule has 2 aromatic heterocycles. The van der Waals surface area contributed by atoms with Gasteiger partial charge in [0, 0.05) is 36.6 Å². The van der Waals surface area contributed by atoms with Gasteiger partial charge in [0.1, 0.15) is 5.82 Å². The van der Waals surface area contributed by atoms with Crippen LogP contribution in [-0.4, -0.2) is 59.0 Å². The molecule has 1 amide bonds. The van der Waals surface area contributed by atoms with Crippen molar-refractivity contribution in [2.75, 3.05) is 32.5 Å². The third-order valence-corrected chi connectivity index (χ3v) is 4.98. The molecule has 166 valence electrons. The molecule has 1 atom stereocenters. The quantitative estimate of drug-likeness (QED) is 0.508. The molecule has 3 N–H and O–H groups in total. The minimum atomic E-state index is -0.111.